The zero-order valence-corrected chi connectivity index (χ0v) is 8.29. The largest absolute Gasteiger partial charge is 0.477 e. The molecule has 2 heterocycles. The molecule has 0 aromatic carbocycles. The van der Waals surface area contributed by atoms with Crippen molar-refractivity contribution in [3.63, 3.8) is 0 Å². The van der Waals surface area contributed by atoms with Gasteiger partial charge in [-0.05, 0) is 15.9 Å². The summed E-state index contributed by atoms with van der Waals surface area (Å²) < 4.78 is 5.41. The lowest BCUT2D eigenvalue weighted by Crippen LogP contribution is -2.14. The smallest absolute Gasteiger partial charge is 0.341 e. The van der Waals surface area contributed by atoms with Crippen molar-refractivity contribution >= 4 is 33.0 Å². The Morgan fingerprint density at radius 1 is 1.57 bits per heavy atom. The number of nitrogens with one attached hydrogen (secondary N) is 1. The molecule has 2 N–H and O–H groups in total. The second-order valence-corrected chi connectivity index (χ2v) is 3.48. The standard InChI is InChI=1S/C8H4BrNO4/c9-4-2-14-7-5(4)6(11)3(1-10-7)8(12)13/h1-2H,(H,10,11)(H,12,13). The number of hydrogen-bond donors (Lipinski definition) is 2. The molecule has 0 saturated carbocycles. The van der Waals surface area contributed by atoms with Gasteiger partial charge in [0.25, 0.3) is 0 Å². The van der Waals surface area contributed by atoms with Gasteiger partial charge in [-0.2, -0.15) is 0 Å². The summed E-state index contributed by atoms with van der Waals surface area (Å²) in [5.41, 5.74) is -0.613. The first-order valence-electron chi connectivity index (χ1n) is 3.63. The molecule has 0 aliphatic rings. The zero-order chi connectivity index (χ0) is 10.3. The molecule has 72 valence electrons. The van der Waals surface area contributed by atoms with Crippen molar-refractivity contribution in [1.29, 1.82) is 0 Å². The number of rotatable bonds is 1. The first-order chi connectivity index (χ1) is 6.61. The molecule has 0 radical (unpaired) electrons. The molecule has 2 aromatic rings. The summed E-state index contributed by atoms with van der Waals surface area (Å²) in [6.07, 6.45) is 2.44. The van der Waals surface area contributed by atoms with Crippen LogP contribution in [0, 0.1) is 0 Å². The molecular formula is C8H4BrNO4. The lowest BCUT2D eigenvalue weighted by molar-refractivity contribution is 0.0695. The Morgan fingerprint density at radius 3 is 2.93 bits per heavy atom. The first-order valence-corrected chi connectivity index (χ1v) is 4.42. The van der Waals surface area contributed by atoms with E-state index in [1.165, 1.54) is 6.26 Å². The predicted octanol–water partition coefficient (Wildman–Crippen LogP) is 1.58. The van der Waals surface area contributed by atoms with E-state index < -0.39 is 11.4 Å². The van der Waals surface area contributed by atoms with E-state index in [9.17, 15) is 9.59 Å². The minimum Gasteiger partial charge on any atom is -0.477 e. The molecule has 0 saturated heterocycles. The normalized spacial score (nSPS) is 10.6. The van der Waals surface area contributed by atoms with Crippen LogP contribution < -0.4 is 5.43 Å². The van der Waals surface area contributed by atoms with Crippen molar-refractivity contribution < 1.29 is 14.3 Å². The van der Waals surface area contributed by atoms with Gasteiger partial charge >= 0.3 is 5.97 Å². The van der Waals surface area contributed by atoms with Gasteiger partial charge in [0, 0.05) is 6.20 Å². The van der Waals surface area contributed by atoms with Gasteiger partial charge in [0.15, 0.2) is 0 Å². The highest BCUT2D eigenvalue weighted by molar-refractivity contribution is 9.10. The number of furan rings is 1. The van der Waals surface area contributed by atoms with Gasteiger partial charge < -0.3 is 14.5 Å². The van der Waals surface area contributed by atoms with Gasteiger partial charge in [0.1, 0.15) is 17.2 Å². The first kappa shape index (κ1) is 9.01. The fourth-order valence-electron chi connectivity index (χ4n) is 1.15. The number of H-pyrrole nitrogens is 1. The Morgan fingerprint density at radius 2 is 2.29 bits per heavy atom. The van der Waals surface area contributed by atoms with Crippen LogP contribution >= 0.6 is 15.9 Å². The van der Waals surface area contributed by atoms with E-state index in [4.69, 9.17) is 9.52 Å². The molecule has 0 atom stereocenters. The van der Waals surface area contributed by atoms with Crippen molar-refractivity contribution in [2.75, 3.05) is 0 Å². The van der Waals surface area contributed by atoms with Gasteiger partial charge in [0.05, 0.1) is 4.47 Å². The second-order valence-electron chi connectivity index (χ2n) is 2.62. The zero-order valence-electron chi connectivity index (χ0n) is 6.70. The predicted molar refractivity (Wildman–Crippen MR) is 51.5 cm³/mol. The Kier molecular flexibility index (Phi) is 1.92. The molecule has 0 unspecified atom stereocenters. The van der Waals surface area contributed by atoms with Crippen LogP contribution in [0.15, 0.2) is 26.1 Å². The van der Waals surface area contributed by atoms with Crippen LogP contribution in [-0.2, 0) is 0 Å². The van der Waals surface area contributed by atoms with Crippen LogP contribution in [-0.4, -0.2) is 16.1 Å². The van der Waals surface area contributed by atoms with Crippen LogP contribution in [0.25, 0.3) is 11.1 Å². The Hall–Kier alpha value is -1.56. The van der Waals surface area contributed by atoms with Gasteiger partial charge in [-0.3, -0.25) is 4.79 Å². The van der Waals surface area contributed by atoms with E-state index in [0.717, 1.165) is 6.20 Å². The quantitative estimate of drug-likeness (QED) is 0.813. The highest BCUT2D eigenvalue weighted by atomic mass is 79.9. The number of aromatic nitrogens is 1. The van der Waals surface area contributed by atoms with E-state index in [1.54, 1.807) is 0 Å². The van der Waals surface area contributed by atoms with Gasteiger partial charge in [-0.15, -0.1) is 0 Å². The fraction of sp³-hybridized carbons (Fsp3) is 0. The van der Waals surface area contributed by atoms with Gasteiger partial charge in [-0.25, -0.2) is 4.79 Å². The summed E-state index contributed by atoms with van der Waals surface area (Å²) in [5, 5.41) is 8.90. The minimum atomic E-state index is -1.26. The highest BCUT2D eigenvalue weighted by Gasteiger charge is 2.15. The third-order valence-electron chi connectivity index (χ3n) is 1.80. The summed E-state index contributed by atoms with van der Waals surface area (Å²) in [7, 11) is 0. The van der Waals surface area contributed by atoms with Crippen LogP contribution in [0.5, 0.6) is 0 Å². The second kappa shape index (κ2) is 2.98. The van der Waals surface area contributed by atoms with Crippen LogP contribution in [0.3, 0.4) is 0 Å². The Labute approximate surface area is 85.5 Å². The van der Waals surface area contributed by atoms with E-state index in [2.05, 4.69) is 20.9 Å². The molecule has 0 amide bonds. The van der Waals surface area contributed by atoms with Crippen LogP contribution in [0.1, 0.15) is 10.4 Å². The van der Waals surface area contributed by atoms with E-state index in [1.807, 2.05) is 0 Å². The summed E-state index contributed by atoms with van der Waals surface area (Å²) in [4.78, 5) is 24.8. The summed E-state index contributed by atoms with van der Waals surface area (Å²) in [6, 6.07) is 0. The molecule has 0 spiro atoms. The molecule has 0 aliphatic heterocycles. The van der Waals surface area contributed by atoms with Crippen molar-refractivity contribution in [1.82, 2.24) is 4.98 Å². The van der Waals surface area contributed by atoms with E-state index in [-0.39, 0.29) is 16.7 Å². The molecule has 2 aromatic heterocycles. The maximum absolute atomic E-state index is 11.6. The summed E-state index contributed by atoms with van der Waals surface area (Å²) in [6.45, 7) is 0. The summed E-state index contributed by atoms with van der Waals surface area (Å²) >= 11 is 3.09. The third-order valence-corrected chi connectivity index (χ3v) is 2.38. The number of carboxylic acids is 1. The molecule has 0 aliphatic carbocycles. The van der Waals surface area contributed by atoms with Crippen molar-refractivity contribution in [2.24, 2.45) is 0 Å². The van der Waals surface area contributed by atoms with Crippen molar-refractivity contribution in [3.05, 3.63) is 32.7 Å². The number of aromatic amines is 1. The topological polar surface area (TPSA) is 83.3 Å². The average molecular weight is 258 g/mol. The number of carbonyl (C=O) groups is 1. The number of fused-ring (bicyclic) bond motifs is 1. The Balaban J connectivity index is 2.93. The third kappa shape index (κ3) is 1.15. The maximum atomic E-state index is 11.6. The maximum Gasteiger partial charge on any atom is 0.341 e. The highest BCUT2D eigenvalue weighted by Crippen LogP contribution is 2.21. The number of pyridine rings is 1. The lowest BCUT2D eigenvalue weighted by atomic mass is 10.2. The van der Waals surface area contributed by atoms with Gasteiger partial charge in [0.2, 0.25) is 11.1 Å². The summed E-state index contributed by atoms with van der Waals surface area (Å²) in [5.74, 6) is -1.26. The number of carboxylic acid groups (broad SMARTS) is 1. The molecule has 0 fully saturated rings. The molecular weight excluding hydrogens is 254 g/mol. The lowest BCUT2D eigenvalue weighted by Gasteiger charge is -1.93. The average Bonchev–Trinajstić information content (AvgIpc) is 2.48. The van der Waals surface area contributed by atoms with Crippen molar-refractivity contribution in [3.8, 4) is 0 Å². The number of aromatic carboxylic acids is 1. The molecule has 6 heteroatoms. The Bertz CT molecular complexity index is 568. The molecule has 2 rings (SSSR count). The molecule has 14 heavy (non-hydrogen) atoms. The molecule has 0 bridgehead atoms. The number of halogens is 1. The van der Waals surface area contributed by atoms with Gasteiger partial charge in [-0.1, -0.05) is 0 Å². The van der Waals surface area contributed by atoms with Crippen LogP contribution in [0.2, 0.25) is 0 Å². The fourth-order valence-corrected chi connectivity index (χ4v) is 1.61. The van der Waals surface area contributed by atoms with E-state index >= 15 is 0 Å². The monoisotopic (exact) mass is 257 g/mol. The SMILES string of the molecule is O=C(O)c1c[nH]c2occ(Br)c2c1=O. The number of hydrogen-bond acceptors (Lipinski definition) is 3. The van der Waals surface area contributed by atoms with Crippen molar-refractivity contribution in [2.45, 2.75) is 0 Å². The minimum absolute atomic E-state index is 0.213. The molecule has 5 nitrogen and oxygen atoms in total. The van der Waals surface area contributed by atoms with Crippen LogP contribution in [0.4, 0.5) is 0 Å². The van der Waals surface area contributed by atoms with E-state index in [0.29, 0.717) is 4.47 Å².